The molecule has 0 spiro atoms. The molecule has 1 heterocycles. The normalized spacial score (nSPS) is 10.6. The molecule has 5 heteroatoms. The number of aromatic nitrogens is 1. The Morgan fingerprint density at radius 1 is 1.47 bits per heavy atom. The summed E-state index contributed by atoms with van der Waals surface area (Å²) >= 11 is 5.63. The molecule has 1 aromatic carbocycles. The van der Waals surface area contributed by atoms with E-state index in [4.69, 9.17) is 16.3 Å². The number of nitrogens with one attached hydrogen (secondary N) is 2. The first-order valence-corrected chi connectivity index (χ1v) is 6.84. The number of halogens is 1. The van der Waals surface area contributed by atoms with Gasteiger partial charge in [-0.3, -0.25) is 4.79 Å². The fourth-order valence-electron chi connectivity index (χ4n) is 2.06. The lowest BCUT2D eigenvalue weighted by molar-refractivity contribution is -0.120. The SMILES string of the molecule is CCC(=O)NCCc1c[nH]c2cccc(OCCl)c12. The summed E-state index contributed by atoms with van der Waals surface area (Å²) in [5, 5.41) is 3.90. The largest absolute Gasteiger partial charge is 0.477 e. The molecular weight excluding hydrogens is 264 g/mol. The molecule has 1 amide bonds. The van der Waals surface area contributed by atoms with Gasteiger partial charge < -0.3 is 15.0 Å². The van der Waals surface area contributed by atoms with Crippen molar-refractivity contribution < 1.29 is 9.53 Å². The molecule has 2 N–H and O–H groups in total. The molecule has 19 heavy (non-hydrogen) atoms. The summed E-state index contributed by atoms with van der Waals surface area (Å²) in [7, 11) is 0. The van der Waals surface area contributed by atoms with Gasteiger partial charge in [0.05, 0.1) is 0 Å². The molecular formula is C14H17ClN2O2. The molecule has 0 aliphatic heterocycles. The van der Waals surface area contributed by atoms with Gasteiger partial charge in [0.1, 0.15) is 5.75 Å². The van der Waals surface area contributed by atoms with E-state index in [0.717, 1.165) is 28.6 Å². The molecule has 0 aliphatic rings. The number of carbonyl (C=O) groups is 1. The van der Waals surface area contributed by atoms with E-state index in [1.807, 2.05) is 31.3 Å². The number of ether oxygens (including phenoxy) is 1. The number of H-pyrrole nitrogens is 1. The molecule has 2 rings (SSSR count). The van der Waals surface area contributed by atoms with Gasteiger partial charge in [0.25, 0.3) is 0 Å². The first-order chi connectivity index (χ1) is 9.26. The highest BCUT2D eigenvalue weighted by molar-refractivity contribution is 6.17. The van der Waals surface area contributed by atoms with Crippen molar-refractivity contribution in [2.75, 3.05) is 12.6 Å². The summed E-state index contributed by atoms with van der Waals surface area (Å²) in [6, 6.07) is 5.93. The second-order valence-electron chi connectivity index (χ2n) is 4.20. The van der Waals surface area contributed by atoms with E-state index in [0.29, 0.717) is 13.0 Å². The maximum Gasteiger partial charge on any atom is 0.219 e. The van der Waals surface area contributed by atoms with Crippen LogP contribution in [0.3, 0.4) is 0 Å². The topological polar surface area (TPSA) is 54.1 Å². The summed E-state index contributed by atoms with van der Waals surface area (Å²) in [6.07, 6.45) is 3.22. The predicted octanol–water partition coefficient (Wildman–Crippen LogP) is 2.81. The Morgan fingerprint density at radius 2 is 2.32 bits per heavy atom. The standard InChI is InChI=1S/C14H17ClN2O2/c1-2-13(18)16-7-6-10-8-17-11-4-3-5-12(14(10)11)19-9-15/h3-5,8,17H,2,6-7,9H2,1H3,(H,16,18). The number of rotatable bonds is 6. The van der Waals surface area contributed by atoms with Crippen LogP contribution in [-0.2, 0) is 11.2 Å². The lowest BCUT2D eigenvalue weighted by Crippen LogP contribution is -2.24. The lowest BCUT2D eigenvalue weighted by atomic mass is 10.1. The highest BCUT2D eigenvalue weighted by Crippen LogP contribution is 2.29. The molecule has 2 aromatic rings. The van der Waals surface area contributed by atoms with Gasteiger partial charge in [0.2, 0.25) is 5.91 Å². The van der Waals surface area contributed by atoms with Crippen LogP contribution in [0.5, 0.6) is 5.75 Å². The highest BCUT2D eigenvalue weighted by Gasteiger charge is 2.09. The molecule has 4 nitrogen and oxygen atoms in total. The molecule has 0 saturated carbocycles. The number of benzene rings is 1. The van der Waals surface area contributed by atoms with Crippen molar-refractivity contribution >= 4 is 28.4 Å². The zero-order valence-electron chi connectivity index (χ0n) is 10.8. The van der Waals surface area contributed by atoms with Crippen LogP contribution in [-0.4, -0.2) is 23.5 Å². The number of hydrogen-bond donors (Lipinski definition) is 2. The molecule has 0 unspecified atom stereocenters. The van der Waals surface area contributed by atoms with Gasteiger partial charge >= 0.3 is 0 Å². The summed E-state index contributed by atoms with van der Waals surface area (Å²) in [5.74, 6) is 0.836. The van der Waals surface area contributed by atoms with E-state index >= 15 is 0 Å². The third-order valence-corrected chi connectivity index (χ3v) is 3.11. The van der Waals surface area contributed by atoms with E-state index < -0.39 is 0 Å². The van der Waals surface area contributed by atoms with Crippen LogP contribution in [0.25, 0.3) is 10.9 Å². The first kappa shape index (κ1) is 13.7. The molecule has 0 atom stereocenters. The third-order valence-electron chi connectivity index (χ3n) is 3.00. The van der Waals surface area contributed by atoms with Gasteiger partial charge in [-0.05, 0) is 24.1 Å². The molecule has 0 radical (unpaired) electrons. The number of aromatic amines is 1. The van der Waals surface area contributed by atoms with Crippen LogP contribution < -0.4 is 10.1 Å². The zero-order chi connectivity index (χ0) is 13.7. The average molecular weight is 281 g/mol. The molecule has 0 fully saturated rings. The van der Waals surface area contributed by atoms with E-state index in [-0.39, 0.29) is 12.0 Å². The minimum Gasteiger partial charge on any atom is -0.477 e. The smallest absolute Gasteiger partial charge is 0.219 e. The second-order valence-corrected chi connectivity index (χ2v) is 4.42. The van der Waals surface area contributed by atoms with E-state index in [9.17, 15) is 4.79 Å². The van der Waals surface area contributed by atoms with Crippen molar-refractivity contribution in [3.05, 3.63) is 30.0 Å². The number of alkyl halides is 1. The molecule has 0 saturated heterocycles. The monoisotopic (exact) mass is 280 g/mol. The second kappa shape index (κ2) is 6.48. The van der Waals surface area contributed by atoms with Crippen LogP contribution in [0.1, 0.15) is 18.9 Å². The van der Waals surface area contributed by atoms with Gasteiger partial charge in [-0.15, -0.1) is 0 Å². The fraction of sp³-hybridized carbons (Fsp3) is 0.357. The van der Waals surface area contributed by atoms with Gasteiger partial charge in [-0.2, -0.15) is 0 Å². The van der Waals surface area contributed by atoms with Crippen LogP contribution in [0, 0.1) is 0 Å². The number of carbonyl (C=O) groups excluding carboxylic acids is 1. The van der Waals surface area contributed by atoms with Crippen LogP contribution in [0.15, 0.2) is 24.4 Å². The summed E-state index contributed by atoms with van der Waals surface area (Å²) in [6.45, 7) is 2.46. The van der Waals surface area contributed by atoms with Gasteiger partial charge in [-0.1, -0.05) is 24.6 Å². The molecule has 102 valence electrons. The highest BCUT2D eigenvalue weighted by atomic mass is 35.5. The average Bonchev–Trinajstić information content (AvgIpc) is 2.83. The molecule has 0 bridgehead atoms. The van der Waals surface area contributed by atoms with Gasteiger partial charge in [-0.25, -0.2) is 0 Å². The van der Waals surface area contributed by atoms with Crippen molar-refractivity contribution in [3.8, 4) is 5.75 Å². The lowest BCUT2D eigenvalue weighted by Gasteiger charge is -2.07. The van der Waals surface area contributed by atoms with Crippen molar-refractivity contribution in [3.63, 3.8) is 0 Å². The maximum absolute atomic E-state index is 11.2. The van der Waals surface area contributed by atoms with E-state index in [2.05, 4.69) is 10.3 Å². The number of hydrogen-bond acceptors (Lipinski definition) is 2. The van der Waals surface area contributed by atoms with Crippen LogP contribution in [0.2, 0.25) is 0 Å². The summed E-state index contributed by atoms with van der Waals surface area (Å²) in [4.78, 5) is 14.4. The summed E-state index contributed by atoms with van der Waals surface area (Å²) < 4.78 is 5.42. The van der Waals surface area contributed by atoms with Crippen molar-refractivity contribution in [2.24, 2.45) is 0 Å². The Morgan fingerprint density at radius 3 is 3.05 bits per heavy atom. The van der Waals surface area contributed by atoms with Gasteiger partial charge in [0.15, 0.2) is 6.07 Å². The summed E-state index contributed by atoms with van der Waals surface area (Å²) in [5.41, 5.74) is 2.13. The molecule has 1 aromatic heterocycles. The van der Waals surface area contributed by atoms with E-state index in [1.54, 1.807) is 0 Å². The van der Waals surface area contributed by atoms with Crippen LogP contribution in [0.4, 0.5) is 0 Å². The number of amides is 1. The Kier molecular flexibility index (Phi) is 4.68. The minimum atomic E-state index is 0.0667. The zero-order valence-corrected chi connectivity index (χ0v) is 11.6. The Balaban J connectivity index is 2.16. The van der Waals surface area contributed by atoms with Crippen molar-refractivity contribution in [2.45, 2.75) is 19.8 Å². The third kappa shape index (κ3) is 3.20. The Bertz CT molecular complexity index is 566. The van der Waals surface area contributed by atoms with E-state index in [1.165, 1.54) is 0 Å². The fourth-order valence-corrected chi connectivity index (χ4v) is 2.18. The Labute approximate surface area is 117 Å². The first-order valence-electron chi connectivity index (χ1n) is 6.30. The minimum absolute atomic E-state index is 0.0667. The van der Waals surface area contributed by atoms with Crippen molar-refractivity contribution in [1.29, 1.82) is 0 Å². The quantitative estimate of drug-likeness (QED) is 0.800. The van der Waals surface area contributed by atoms with Crippen LogP contribution >= 0.6 is 11.6 Å². The molecule has 0 aliphatic carbocycles. The Hall–Kier alpha value is -1.68. The number of fused-ring (bicyclic) bond motifs is 1. The predicted molar refractivity (Wildman–Crippen MR) is 76.7 cm³/mol. The van der Waals surface area contributed by atoms with Crippen molar-refractivity contribution in [1.82, 2.24) is 10.3 Å². The van der Waals surface area contributed by atoms with Gasteiger partial charge in [0, 0.05) is 30.1 Å². The maximum atomic E-state index is 11.2.